The van der Waals surface area contributed by atoms with Crippen molar-refractivity contribution in [3.05, 3.63) is 34.8 Å². The van der Waals surface area contributed by atoms with Crippen molar-refractivity contribution in [2.45, 2.75) is 24.8 Å². The summed E-state index contributed by atoms with van der Waals surface area (Å²) in [5, 5.41) is 8.23. The molecule has 10 heteroatoms. The fraction of sp³-hybridized carbons (Fsp3) is 0.357. The molecule has 0 spiro atoms. The quantitative estimate of drug-likeness (QED) is 0.791. The predicted molar refractivity (Wildman–Crippen MR) is 92.1 cm³/mol. The number of nitrogens with one attached hydrogen (secondary N) is 1. The van der Waals surface area contributed by atoms with Crippen LogP contribution in [0.3, 0.4) is 0 Å². The minimum atomic E-state index is -3.81. The number of carbonyl (C=O) groups is 1. The minimum Gasteiger partial charge on any atom is -0.374 e. The van der Waals surface area contributed by atoms with Crippen LogP contribution in [0.1, 0.15) is 35.3 Å². The molecule has 0 aliphatic carbocycles. The molecule has 1 atom stereocenters. The summed E-state index contributed by atoms with van der Waals surface area (Å²) in [6.45, 7) is 4.02. The van der Waals surface area contributed by atoms with Crippen molar-refractivity contribution in [2.24, 2.45) is 0 Å². The zero-order valence-electron chi connectivity index (χ0n) is 13.6. The molecular formula is C14H19N5O3S2. The highest BCUT2D eigenvalue weighted by Crippen LogP contribution is 2.21. The first-order valence-electron chi connectivity index (χ1n) is 7.21. The summed E-state index contributed by atoms with van der Waals surface area (Å²) >= 11 is 1.11. The number of hydrogen-bond donors (Lipinski definition) is 2. The van der Waals surface area contributed by atoms with E-state index >= 15 is 0 Å². The largest absolute Gasteiger partial charge is 0.374 e. The fourth-order valence-corrected chi connectivity index (χ4v) is 3.87. The summed E-state index contributed by atoms with van der Waals surface area (Å²) in [7, 11) is -2.15. The molecule has 0 radical (unpaired) electrons. The smallest absolute Gasteiger partial charge is 0.253 e. The van der Waals surface area contributed by atoms with Gasteiger partial charge in [0.15, 0.2) is 0 Å². The molecule has 24 heavy (non-hydrogen) atoms. The number of benzene rings is 1. The molecule has 1 aromatic heterocycles. The third-order valence-electron chi connectivity index (χ3n) is 3.37. The van der Waals surface area contributed by atoms with Crippen LogP contribution in [0.5, 0.6) is 0 Å². The molecular weight excluding hydrogens is 350 g/mol. The standard InChI is InChI=1S/C14H19N5O3S2/c1-4-19(3)13(20)10-6-5-7-11(8-10)24(21,22)18-9(2)12-16-17-14(15)23-12/h5-9,18H,4H2,1-3H3,(H2,15,17)/t9-/m1/s1. The van der Waals surface area contributed by atoms with Crippen LogP contribution < -0.4 is 10.5 Å². The number of carbonyl (C=O) groups excluding carboxylic acids is 1. The molecule has 2 aromatic rings. The molecule has 0 aliphatic rings. The van der Waals surface area contributed by atoms with Crippen molar-refractivity contribution in [3.8, 4) is 0 Å². The molecule has 130 valence electrons. The normalized spacial score (nSPS) is 12.8. The van der Waals surface area contributed by atoms with E-state index in [1.54, 1.807) is 26.1 Å². The van der Waals surface area contributed by atoms with Crippen molar-refractivity contribution >= 4 is 32.4 Å². The molecule has 1 heterocycles. The van der Waals surface area contributed by atoms with E-state index in [-0.39, 0.29) is 15.9 Å². The van der Waals surface area contributed by atoms with E-state index in [0.717, 1.165) is 11.3 Å². The van der Waals surface area contributed by atoms with E-state index < -0.39 is 16.1 Å². The second-order valence-electron chi connectivity index (χ2n) is 5.17. The molecule has 3 N–H and O–H groups in total. The summed E-state index contributed by atoms with van der Waals surface area (Å²) < 4.78 is 27.6. The van der Waals surface area contributed by atoms with E-state index in [1.165, 1.54) is 17.0 Å². The highest BCUT2D eigenvalue weighted by Gasteiger charge is 2.22. The number of anilines is 1. The van der Waals surface area contributed by atoms with Gasteiger partial charge in [-0.25, -0.2) is 13.1 Å². The minimum absolute atomic E-state index is 0.0159. The lowest BCUT2D eigenvalue weighted by atomic mass is 10.2. The zero-order valence-corrected chi connectivity index (χ0v) is 15.2. The summed E-state index contributed by atoms with van der Waals surface area (Å²) in [6, 6.07) is 5.34. The van der Waals surface area contributed by atoms with Crippen LogP contribution >= 0.6 is 11.3 Å². The van der Waals surface area contributed by atoms with Crippen molar-refractivity contribution in [3.63, 3.8) is 0 Å². The molecule has 0 saturated carbocycles. The number of nitrogens with zero attached hydrogens (tertiary/aromatic N) is 3. The summed E-state index contributed by atoms with van der Waals surface area (Å²) in [5.74, 6) is -0.237. The third-order valence-corrected chi connectivity index (χ3v) is 5.84. The lowest BCUT2D eigenvalue weighted by Crippen LogP contribution is -2.28. The Labute approximate surface area is 144 Å². The zero-order chi connectivity index (χ0) is 17.9. The maximum Gasteiger partial charge on any atom is 0.253 e. The molecule has 1 aromatic carbocycles. The summed E-state index contributed by atoms with van der Waals surface area (Å²) in [5.41, 5.74) is 5.83. The molecule has 2 rings (SSSR count). The van der Waals surface area contributed by atoms with Gasteiger partial charge in [0.2, 0.25) is 15.2 Å². The van der Waals surface area contributed by atoms with E-state index in [0.29, 0.717) is 17.1 Å². The van der Waals surface area contributed by atoms with Gasteiger partial charge in [-0.15, -0.1) is 10.2 Å². The van der Waals surface area contributed by atoms with E-state index in [2.05, 4.69) is 14.9 Å². The number of nitrogen functional groups attached to an aromatic ring is 1. The van der Waals surface area contributed by atoms with Gasteiger partial charge in [-0.2, -0.15) is 0 Å². The number of amides is 1. The van der Waals surface area contributed by atoms with Crippen LogP contribution in [0.15, 0.2) is 29.2 Å². The first-order valence-corrected chi connectivity index (χ1v) is 9.51. The van der Waals surface area contributed by atoms with Gasteiger partial charge in [-0.3, -0.25) is 4.79 Å². The molecule has 0 saturated heterocycles. The van der Waals surface area contributed by atoms with Gasteiger partial charge < -0.3 is 10.6 Å². The highest BCUT2D eigenvalue weighted by molar-refractivity contribution is 7.89. The third kappa shape index (κ3) is 4.08. The lowest BCUT2D eigenvalue weighted by Gasteiger charge is -2.16. The molecule has 0 aliphatic heterocycles. The van der Waals surface area contributed by atoms with Crippen LogP contribution in [0.2, 0.25) is 0 Å². The Morgan fingerprint density at radius 2 is 2.12 bits per heavy atom. The van der Waals surface area contributed by atoms with Crippen LogP contribution in [-0.2, 0) is 10.0 Å². The van der Waals surface area contributed by atoms with Gasteiger partial charge in [-0.05, 0) is 32.0 Å². The lowest BCUT2D eigenvalue weighted by molar-refractivity contribution is 0.0802. The van der Waals surface area contributed by atoms with Crippen molar-refractivity contribution in [2.75, 3.05) is 19.3 Å². The molecule has 0 bridgehead atoms. The average molecular weight is 369 g/mol. The first-order chi connectivity index (χ1) is 11.2. The number of aromatic nitrogens is 2. The number of hydrogen-bond acceptors (Lipinski definition) is 7. The predicted octanol–water partition coefficient (Wildman–Crippen LogP) is 1.25. The molecule has 8 nitrogen and oxygen atoms in total. The van der Waals surface area contributed by atoms with Crippen molar-refractivity contribution < 1.29 is 13.2 Å². The van der Waals surface area contributed by atoms with Crippen molar-refractivity contribution in [1.82, 2.24) is 19.8 Å². The SMILES string of the molecule is CCN(C)C(=O)c1cccc(S(=O)(=O)N[C@H](C)c2nnc(N)s2)c1. The van der Waals surface area contributed by atoms with Crippen LogP contribution in [-0.4, -0.2) is 43.0 Å². The topological polar surface area (TPSA) is 118 Å². The maximum atomic E-state index is 12.5. The van der Waals surface area contributed by atoms with Gasteiger partial charge in [0.25, 0.3) is 5.91 Å². The molecule has 0 unspecified atom stereocenters. The Morgan fingerprint density at radius 3 is 2.71 bits per heavy atom. The molecule has 1 amide bonds. The first kappa shape index (κ1) is 18.3. The fourth-order valence-electron chi connectivity index (χ4n) is 1.93. The Kier molecular flexibility index (Phi) is 5.52. The number of rotatable bonds is 6. The second kappa shape index (κ2) is 7.24. The molecule has 0 fully saturated rings. The number of sulfonamides is 1. The summed E-state index contributed by atoms with van der Waals surface area (Å²) in [6.07, 6.45) is 0. The van der Waals surface area contributed by atoms with E-state index in [9.17, 15) is 13.2 Å². The van der Waals surface area contributed by atoms with E-state index in [4.69, 9.17) is 5.73 Å². The Morgan fingerprint density at radius 1 is 1.42 bits per heavy atom. The second-order valence-corrected chi connectivity index (χ2v) is 7.92. The Hall–Kier alpha value is -2.04. The monoisotopic (exact) mass is 369 g/mol. The van der Waals surface area contributed by atoms with Crippen LogP contribution in [0.4, 0.5) is 5.13 Å². The van der Waals surface area contributed by atoms with Gasteiger partial charge >= 0.3 is 0 Å². The van der Waals surface area contributed by atoms with Crippen LogP contribution in [0.25, 0.3) is 0 Å². The summed E-state index contributed by atoms with van der Waals surface area (Å²) in [4.78, 5) is 13.7. The van der Waals surface area contributed by atoms with Gasteiger partial charge in [0.1, 0.15) is 5.01 Å². The van der Waals surface area contributed by atoms with Gasteiger partial charge in [-0.1, -0.05) is 17.4 Å². The van der Waals surface area contributed by atoms with E-state index in [1.807, 2.05) is 6.92 Å². The Bertz CT molecular complexity index is 834. The number of nitrogens with two attached hydrogens (primary N) is 1. The van der Waals surface area contributed by atoms with Crippen LogP contribution in [0, 0.1) is 0 Å². The average Bonchev–Trinajstić information content (AvgIpc) is 3.00. The Balaban J connectivity index is 2.24. The maximum absolute atomic E-state index is 12.5. The van der Waals surface area contributed by atoms with Gasteiger partial charge in [0, 0.05) is 19.2 Å². The van der Waals surface area contributed by atoms with Gasteiger partial charge in [0.05, 0.1) is 10.9 Å². The van der Waals surface area contributed by atoms with Crippen molar-refractivity contribution in [1.29, 1.82) is 0 Å². The highest BCUT2D eigenvalue weighted by atomic mass is 32.2.